The van der Waals surface area contributed by atoms with E-state index in [1.54, 1.807) is 24.3 Å². The van der Waals surface area contributed by atoms with Gasteiger partial charge in [-0.2, -0.15) is 0 Å². The molecular formula is C15H14ClFN2O2. The number of hydrogen-bond acceptors (Lipinski definition) is 3. The molecule has 0 atom stereocenters. The standard InChI is InChI=1S/C15H14ClFN2O2/c16-12-5-2-6-13(17)15(12)21-8-7-14(20)19-11-4-1-3-10(18)9-11/h1-6,9H,7-8,18H2,(H,19,20). The molecule has 0 aliphatic rings. The summed E-state index contributed by atoms with van der Waals surface area (Å²) in [4.78, 5) is 11.7. The molecule has 0 fully saturated rings. The third kappa shape index (κ3) is 4.36. The lowest BCUT2D eigenvalue weighted by atomic mass is 10.2. The number of ether oxygens (including phenoxy) is 1. The van der Waals surface area contributed by atoms with Crippen LogP contribution < -0.4 is 15.8 Å². The number of carbonyl (C=O) groups excluding carboxylic acids is 1. The maximum atomic E-state index is 13.4. The first-order valence-corrected chi connectivity index (χ1v) is 6.66. The zero-order chi connectivity index (χ0) is 15.2. The largest absolute Gasteiger partial charge is 0.488 e. The third-order valence-corrected chi connectivity index (χ3v) is 2.96. The average Bonchev–Trinajstić information content (AvgIpc) is 2.42. The van der Waals surface area contributed by atoms with E-state index in [2.05, 4.69) is 5.32 Å². The van der Waals surface area contributed by atoms with Crippen molar-refractivity contribution in [1.29, 1.82) is 0 Å². The fraction of sp³-hybridized carbons (Fsp3) is 0.133. The zero-order valence-corrected chi connectivity index (χ0v) is 11.9. The summed E-state index contributed by atoms with van der Waals surface area (Å²) in [5.41, 5.74) is 6.77. The second kappa shape index (κ2) is 6.95. The summed E-state index contributed by atoms with van der Waals surface area (Å²) in [5, 5.41) is 2.85. The highest BCUT2D eigenvalue weighted by molar-refractivity contribution is 6.32. The van der Waals surface area contributed by atoms with Crippen molar-refractivity contribution >= 4 is 28.9 Å². The molecule has 3 N–H and O–H groups in total. The van der Waals surface area contributed by atoms with Crippen LogP contribution in [0.4, 0.5) is 15.8 Å². The predicted octanol–water partition coefficient (Wildman–Crippen LogP) is 3.47. The minimum absolute atomic E-state index is 0.0226. The molecule has 0 aliphatic heterocycles. The highest BCUT2D eigenvalue weighted by Gasteiger charge is 2.09. The van der Waals surface area contributed by atoms with Crippen molar-refractivity contribution in [2.75, 3.05) is 17.7 Å². The van der Waals surface area contributed by atoms with Crippen molar-refractivity contribution in [2.24, 2.45) is 0 Å². The first-order chi connectivity index (χ1) is 10.1. The second-order valence-electron chi connectivity index (χ2n) is 4.32. The minimum atomic E-state index is -0.557. The average molecular weight is 309 g/mol. The Morgan fingerprint density at radius 2 is 2.05 bits per heavy atom. The molecule has 4 nitrogen and oxygen atoms in total. The Hall–Kier alpha value is -2.27. The zero-order valence-electron chi connectivity index (χ0n) is 11.1. The number of nitrogen functional groups attached to an aromatic ring is 1. The highest BCUT2D eigenvalue weighted by atomic mass is 35.5. The second-order valence-corrected chi connectivity index (χ2v) is 4.73. The van der Waals surface area contributed by atoms with E-state index >= 15 is 0 Å². The van der Waals surface area contributed by atoms with Gasteiger partial charge in [0.1, 0.15) is 0 Å². The van der Waals surface area contributed by atoms with Crippen molar-refractivity contribution < 1.29 is 13.9 Å². The Morgan fingerprint density at radius 3 is 2.76 bits per heavy atom. The van der Waals surface area contributed by atoms with Crippen molar-refractivity contribution in [2.45, 2.75) is 6.42 Å². The first kappa shape index (κ1) is 15.1. The number of halogens is 2. The van der Waals surface area contributed by atoms with Crippen LogP contribution in [0.25, 0.3) is 0 Å². The molecule has 0 radical (unpaired) electrons. The fourth-order valence-corrected chi connectivity index (χ4v) is 1.92. The van der Waals surface area contributed by atoms with Crippen LogP contribution in [0, 0.1) is 5.82 Å². The molecule has 0 bridgehead atoms. The summed E-state index contributed by atoms with van der Waals surface area (Å²) < 4.78 is 18.6. The van der Waals surface area contributed by atoms with E-state index in [0.29, 0.717) is 11.4 Å². The molecule has 0 heterocycles. The van der Waals surface area contributed by atoms with Gasteiger partial charge in [0.2, 0.25) is 5.91 Å². The summed E-state index contributed by atoms with van der Waals surface area (Å²) in [5.74, 6) is -0.859. The molecule has 0 saturated heterocycles. The Labute approximate surface area is 126 Å². The Bertz CT molecular complexity index is 629. The van der Waals surface area contributed by atoms with Crippen LogP contribution in [0.2, 0.25) is 5.02 Å². The Morgan fingerprint density at radius 1 is 1.29 bits per heavy atom. The van der Waals surface area contributed by atoms with E-state index in [4.69, 9.17) is 22.1 Å². The van der Waals surface area contributed by atoms with Crippen molar-refractivity contribution in [3.8, 4) is 5.75 Å². The van der Waals surface area contributed by atoms with Crippen LogP contribution in [-0.4, -0.2) is 12.5 Å². The summed E-state index contributed by atoms with van der Waals surface area (Å²) in [7, 11) is 0. The van der Waals surface area contributed by atoms with Crippen LogP contribution >= 0.6 is 11.6 Å². The Kier molecular flexibility index (Phi) is 5.00. The van der Waals surface area contributed by atoms with Crippen molar-refractivity contribution in [3.63, 3.8) is 0 Å². The van der Waals surface area contributed by atoms with Gasteiger partial charge in [-0.1, -0.05) is 23.7 Å². The molecular weight excluding hydrogens is 295 g/mol. The molecule has 6 heteroatoms. The van der Waals surface area contributed by atoms with Crippen LogP contribution in [0.3, 0.4) is 0 Å². The van der Waals surface area contributed by atoms with Gasteiger partial charge in [0.25, 0.3) is 0 Å². The summed E-state index contributed by atoms with van der Waals surface area (Å²) >= 11 is 5.81. The number of carbonyl (C=O) groups is 1. The van der Waals surface area contributed by atoms with Gasteiger partial charge in [0.15, 0.2) is 11.6 Å². The highest BCUT2D eigenvalue weighted by Crippen LogP contribution is 2.27. The van der Waals surface area contributed by atoms with Crippen LogP contribution in [-0.2, 0) is 4.79 Å². The van der Waals surface area contributed by atoms with Crippen LogP contribution in [0.15, 0.2) is 42.5 Å². The number of anilines is 2. The monoisotopic (exact) mass is 308 g/mol. The number of amides is 1. The smallest absolute Gasteiger partial charge is 0.227 e. The predicted molar refractivity (Wildman–Crippen MR) is 81.0 cm³/mol. The SMILES string of the molecule is Nc1cccc(NC(=O)CCOc2c(F)cccc2Cl)c1. The first-order valence-electron chi connectivity index (χ1n) is 6.28. The number of hydrogen-bond donors (Lipinski definition) is 2. The van der Waals surface area contributed by atoms with E-state index in [1.807, 2.05) is 0 Å². The van der Waals surface area contributed by atoms with E-state index < -0.39 is 5.82 Å². The van der Waals surface area contributed by atoms with Gasteiger partial charge in [-0.3, -0.25) is 4.79 Å². The Balaban J connectivity index is 1.85. The van der Waals surface area contributed by atoms with Gasteiger partial charge >= 0.3 is 0 Å². The normalized spacial score (nSPS) is 10.2. The topological polar surface area (TPSA) is 64.3 Å². The van der Waals surface area contributed by atoms with Crippen molar-refractivity contribution in [1.82, 2.24) is 0 Å². The van der Waals surface area contributed by atoms with Crippen LogP contribution in [0.5, 0.6) is 5.75 Å². The lowest BCUT2D eigenvalue weighted by molar-refractivity contribution is -0.116. The number of nitrogens with two attached hydrogens (primary N) is 1. The minimum Gasteiger partial charge on any atom is -0.488 e. The maximum Gasteiger partial charge on any atom is 0.227 e. The van der Waals surface area contributed by atoms with Gasteiger partial charge in [0.05, 0.1) is 18.1 Å². The van der Waals surface area contributed by atoms with E-state index in [9.17, 15) is 9.18 Å². The number of para-hydroxylation sites is 1. The van der Waals surface area contributed by atoms with Gasteiger partial charge in [0, 0.05) is 11.4 Å². The molecule has 0 aliphatic carbocycles. The molecule has 0 saturated carbocycles. The molecule has 1 amide bonds. The van der Waals surface area contributed by atoms with E-state index in [0.717, 1.165) is 0 Å². The number of rotatable bonds is 5. The molecule has 2 aromatic carbocycles. The lowest BCUT2D eigenvalue weighted by Crippen LogP contribution is -2.15. The van der Waals surface area contributed by atoms with Crippen molar-refractivity contribution in [3.05, 3.63) is 53.3 Å². The van der Waals surface area contributed by atoms with Gasteiger partial charge < -0.3 is 15.8 Å². The molecule has 0 unspecified atom stereocenters. The lowest BCUT2D eigenvalue weighted by Gasteiger charge is -2.09. The summed E-state index contributed by atoms with van der Waals surface area (Å²) in [6.45, 7) is 0.0226. The molecule has 110 valence electrons. The van der Waals surface area contributed by atoms with Crippen LogP contribution in [0.1, 0.15) is 6.42 Å². The fourth-order valence-electron chi connectivity index (χ4n) is 1.71. The van der Waals surface area contributed by atoms with Gasteiger partial charge in [-0.25, -0.2) is 4.39 Å². The van der Waals surface area contributed by atoms with Gasteiger partial charge in [-0.05, 0) is 30.3 Å². The molecule has 21 heavy (non-hydrogen) atoms. The maximum absolute atomic E-state index is 13.4. The molecule has 2 aromatic rings. The van der Waals surface area contributed by atoms with E-state index in [1.165, 1.54) is 18.2 Å². The van der Waals surface area contributed by atoms with E-state index in [-0.39, 0.29) is 29.7 Å². The molecule has 0 spiro atoms. The number of nitrogens with one attached hydrogen (secondary N) is 1. The third-order valence-electron chi connectivity index (χ3n) is 2.66. The summed E-state index contributed by atoms with van der Waals surface area (Å²) in [6.07, 6.45) is 0.0689. The molecule has 0 aromatic heterocycles. The number of benzene rings is 2. The van der Waals surface area contributed by atoms with Gasteiger partial charge in [-0.15, -0.1) is 0 Å². The molecule has 2 rings (SSSR count). The quantitative estimate of drug-likeness (QED) is 0.831. The summed E-state index contributed by atoms with van der Waals surface area (Å²) in [6, 6.07) is 11.1.